The van der Waals surface area contributed by atoms with E-state index in [1.54, 1.807) is 0 Å². The molecule has 1 atom stereocenters. The smallest absolute Gasteiger partial charge is 0.252 e. The molecule has 2 amide bonds. The maximum absolute atomic E-state index is 13.2. The zero-order chi connectivity index (χ0) is 15.9. The molecule has 1 aliphatic carbocycles. The Hall–Kier alpha value is -1.66. The second-order valence-corrected chi connectivity index (χ2v) is 6.20. The van der Waals surface area contributed by atoms with E-state index in [1.807, 2.05) is 0 Å². The minimum Gasteiger partial charge on any atom is -0.380 e. The third-order valence-corrected chi connectivity index (χ3v) is 4.62. The molecule has 22 heavy (non-hydrogen) atoms. The highest BCUT2D eigenvalue weighted by Crippen LogP contribution is 2.32. The molecule has 2 fully saturated rings. The Morgan fingerprint density at radius 2 is 2.18 bits per heavy atom. The number of carbonyl (C=O) groups excluding carboxylic acids is 2. The first-order valence-corrected chi connectivity index (χ1v) is 7.58. The van der Waals surface area contributed by atoms with Gasteiger partial charge in [-0.3, -0.25) is 9.59 Å². The van der Waals surface area contributed by atoms with Crippen LogP contribution in [0.5, 0.6) is 0 Å². The van der Waals surface area contributed by atoms with Gasteiger partial charge < -0.3 is 15.3 Å². The lowest BCUT2D eigenvalue weighted by Gasteiger charge is -2.35. The van der Waals surface area contributed by atoms with Gasteiger partial charge >= 0.3 is 0 Å². The summed E-state index contributed by atoms with van der Waals surface area (Å²) in [5.74, 6) is -1.32. The van der Waals surface area contributed by atoms with E-state index in [4.69, 9.17) is 11.6 Å². The predicted molar refractivity (Wildman–Crippen MR) is 79.1 cm³/mol. The Bertz CT molecular complexity index is 633. The van der Waals surface area contributed by atoms with Crippen molar-refractivity contribution in [3.05, 3.63) is 29.0 Å². The molecule has 0 radical (unpaired) electrons. The van der Waals surface area contributed by atoms with Gasteiger partial charge in [-0.05, 0) is 43.9 Å². The minimum absolute atomic E-state index is 0.0541. The second kappa shape index (κ2) is 5.52. The number of hydrogen-bond acceptors (Lipinski definition) is 3. The zero-order valence-corrected chi connectivity index (χ0v) is 12.6. The number of anilines is 1. The third-order valence-electron chi connectivity index (χ3n) is 4.33. The fourth-order valence-corrected chi connectivity index (χ4v) is 2.93. The molecule has 5 nitrogen and oxygen atoms in total. The average molecular weight is 327 g/mol. The molecule has 1 aromatic rings. The van der Waals surface area contributed by atoms with Gasteiger partial charge in [-0.2, -0.15) is 0 Å². The Morgan fingerprint density at radius 1 is 1.45 bits per heavy atom. The molecule has 2 N–H and O–H groups in total. The summed E-state index contributed by atoms with van der Waals surface area (Å²) >= 11 is 5.73. The van der Waals surface area contributed by atoms with Crippen molar-refractivity contribution >= 4 is 29.1 Å². The summed E-state index contributed by atoms with van der Waals surface area (Å²) < 4.78 is 13.2. The summed E-state index contributed by atoms with van der Waals surface area (Å²) in [5, 5.41) is 12.5. The highest BCUT2D eigenvalue weighted by molar-refractivity contribution is 6.31. The third kappa shape index (κ3) is 2.57. The summed E-state index contributed by atoms with van der Waals surface area (Å²) in [6.45, 7) is 0.407. The van der Waals surface area contributed by atoms with E-state index in [9.17, 15) is 19.1 Å². The quantitative estimate of drug-likeness (QED) is 0.886. The van der Waals surface area contributed by atoms with Gasteiger partial charge in [-0.1, -0.05) is 11.6 Å². The predicted octanol–water partition coefficient (Wildman–Crippen LogP) is 1.62. The van der Waals surface area contributed by atoms with Crippen LogP contribution in [0.2, 0.25) is 5.02 Å². The molecular weight excluding hydrogens is 311 g/mol. The fourth-order valence-electron chi connectivity index (χ4n) is 2.75. The normalized spacial score (nSPS) is 23.3. The summed E-state index contributed by atoms with van der Waals surface area (Å²) in [5.41, 5.74) is -0.831. The van der Waals surface area contributed by atoms with E-state index in [2.05, 4.69) is 5.32 Å². The summed E-state index contributed by atoms with van der Waals surface area (Å²) in [7, 11) is 0. The van der Waals surface area contributed by atoms with Crippen LogP contribution in [0.15, 0.2) is 18.2 Å². The van der Waals surface area contributed by atoms with Gasteiger partial charge in [0, 0.05) is 12.2 Å². The Morgan fingerprint density at radius 3 is 2.77 bits per heavy atom. The molecule has 7 heteroatoms. The van der Waals surface area contributed by atoms with Gasteiger partial charge in [0.2, 0.25) is 5.91 Å². The Labute approximate surface area is 132 Å². The van der Waals surface area contributed by atoms with Crippen molar-refractivity contribution in [1.29, 1.82) is 0 Å². The van der Waals surface area contributed by atoms with Crippen molar-refractivity contribution in [3.8, 4) is 0 Å². The van der Waals surface area contributed by atoms with Crippen LogP contribution >= 0.6 is 11.6 Å². The topological polar surface area (TPSA) is 69.6 Å². The number of carbonyl (C=O) groups is 2. The first-order valence-electron chi connectivity index (χ1n) is 7.20. The first kappa shape index (κ1) is 15.2. The molecule has 1 saturated heterocycles. The number of benzene rings is 1. The van der Waals surface area contributed by atoms with E-state index in [0.29, 0.717) is 31.5 Å². The van der Waals surface area contributed by atoms with Crippen LogP contribution < -0.4 is 10.2 Å². The monoisotopic (exact) mass is 326 g/mol. The van der Waals surface area contributed by atoms with Crippen molar-refractivity contribution in [2.75, 3.05) is 11.4 Å². The van der Waals surface area contributed by atoms with E-state index in [1.165, 1.54) is 23.1 Å². The van der Waals surface area contributed by atoms with Crippen LogP contribution in [0.3, 0.4) is 0 Å². The molecule has 0 bridgehead atoms. The average Bonchev–Trinajstić information content (AvgIpc) is 2.80. The van der Waals surface area contributed by atoms with Crippen molar-refractivity contribution < 1.29 is 19.1 Å². The number of rotatable bonds is 3. The number of nitrogens with one attached hydrogen (secondary N) is 1. The molecule has 1 aromatic carbocycles. The summed E-state index contributed by atoms with van der Waals surface area (Å²) in [6.07, 6.45) is 2.10. The number of aliphatic hydroxyl groups is 1. The van der Waals surface area contributed by atoms with E-state index >= 15 is 0 Å². The van der Waals surface area contributed by atoms with Gasteiger partial charge in [-0.15, -0.1) is 0 Å². The molecular formula is C15H16ClFN2O3. The van der Waals surface area contributed by atoms with Crippen LogP contribution in [-0.2, 0) is 9.59 Å². The standard InChI is InChI=1S/C15H16ClFN2O3/c16-10-8-9(2-3-11(10)17)19-7-4-12(13(19)20)18-14(21)15(22)5-1-6-15/h2-3,8,12,22H,1,4-7H2,(H,18,21)/t12-/m0/s1. The van der Waals surface area contributed by atoms with Crippen molar-refractivity contribution in [3.63, 3.8) is 0 Å². The van der Waals surface area contributed by atoms with Crippen molar-refractivity contribution in [1.82, 2.24) is 5.32 Å². The van der Waals surface area contributed by atoms with Crippen LogP contribution in [-0.4, -0.2) is 35.1 Å². The van der Waals surface area contributed by atoms with E-state index in [-0.39, 0.29) is 10.9 Å². The molecule has 3 rings (SSSR count). The molecule has 1 saturated carbocycles. The Kier molecular flexibility index (Phi) is 3.82. The SMILES string of the molecule is O=C1[C@@H](NC(=O)C2(O)CCC2)CCN1c1ccc(F)c(Cl)c1. The highest BCUT2D eigenvalue weighted by Gasteiger charge is 2.44. The van der Waals surface area contributed by atoms with Crippen molar-refractivity contribution in [2.45, 2.75) is 37.3 Å². The van der Waals surface area contributed by atoms with E-state index < -0.39 is 23.4 Å². The van der Waals surface area contributed by atoms with Crippen LogP contribution in [0.1, 0.15) is 25.7 Å². The molecule has 0 spiro atoms. The first-order chi connectivity index (χ1) is 10.4. The van der Waals surface area contributed by atoms with Gasteiger partial charge in [0.1, 0.15) is 17.5 Å². The largest absolute Gasteiger partial charge is 0.380 e. The summed E-state index contributed by atoms with van der Waals surface area (Å²) in [4.78, 5) is 25.8. The molecule has 1 heterocycles. The van der Waals surface area contributed by atoms with Crippen LogP contribution in [0.4, 0.5) is 10.1 Å². The van der Waals surface area contributed by atoms with Gasteiger partial charge in [0.15, 0.2) is 0 Å². The van der Waals surface area contributed by atoms with Crippen LogP contribution in [0, 0.1) is 5.82 Å². The lowest BCUT2D eigenvalue weighted by molar-refractivity contribution is -0.150. The van der Waals surface area contributed by atoms with Gasteiger partial charge in [0.25, 0.3) is 5.91 Å². The maximum Gasteiger partial charge on any atom is 0.252 e. The van der Waals surface area contributed by atoms with E-state index in [0.717, 1.165) is 6.42 Å². The molecule has 1 aliphatic heterocycles. The van der Waals surface area contributed by atoms with Crippen LogP contribution in [0.25, 0.3) is 0 Å². The zero-order valence-electron chi connectivity index (χ0n) is 11.8. The molecule has 118 valence electrons. The number of halogens is 2. The summed E-state index contributed by atoms with van der Waals surface area (Å²) in [6, 6.07) is 3.40. The highest BCUT2D eigenvalue weighted by atomic mass is 35.5. The molecule has 2 aliphatic rings. The van der Waals surface area contributed by atoms with Gasteiger partial charge in [0.05, 0.1) is 5.02 Å². The number of nitrogens with zero attached hydrogens (tertiary/aromatic N) is 1. The molecule has 0 aromatic heterocycles. The van der Waals surface area contributed by atoms with Crippen molar-refractivity contribution in [2.24, 2.45) is 0 Å². The Balaban J connectivity index is 1.69. The number of amides is 2. The maximum atomic E-state index is 13.2. The second-order valence-electron chi connectivity index (χ2n) is 5.79. The lowest BCUT2D eigenvalue weighted by Crippen LogP contribution is -2.55. The fraction of sp³-hybridized carbons (Fsp3) is 0.467. The van der Waals surface area contributed by atoms with Gasteiger partial charge in [-0.25, -0.2) is 4.39 Å². The lowest BCUT2D eigenvalue weighted by atomic mass is 9.79. The minimum atomic E-state index is -1.33. The number of hydrogen-bond donors (Lipinski definition) is 2. The molecule has 0 unspecified atom stereocenters.